The number of rotatable bonds is 2. The van der Waals surface area contributed by atoms with Gasteiger partial charge in [-0.3, -0.25) is 4.79 Å². The number of aliphatic imine (C=N–C) groups is 1. The Morgan fingerprint density at radius 2 is 1.75 bits per heavy atom. The zero-order valence-electron chi connectivity index (χ0n) is 16.6. The van der Waals surface area contributed by atoms with Crippen LogP contribution in [0.4, 0.5) is 10.8 Å². The van der Waals surface area contributed by atoms with E-state index in [4.69, 9.17) is 16.6 Å². The summed E-state index contributed by atoms with van der Waals surface area (Å²) in [5.74, 6) is 0.534. The van der Waals surface area contributed by atoms with Crippen molar-refractivity contribution in [3.05, 3.63) is 99.3 Å². The zero-order chi connectivity index (χ0) is 21.7. The molecule has 1 aliphatic rings. The first kappa shape index (κ1) is 19.0. The molecular weight excluding hydrogens is 442 g/mol. The molecule has 0 saturated heterocycles. The van der Waals surface area contributed by atoms with Gasteiger partial charge >= 0.3 is 0 Å². The number of hydrogen-bond donors (Lipinski definition) is 3. The van der Waals surface area contributed by atoms with Crippen LogP contribution >= 0.6 is 22.9 Å². The van der Waals surface area contributed by atoms with Crippen molar-refractivity contribution in [2.45, 2.75) is 6.04 Å². The lowest BCUT2D eigenvalue weighted by Gasteiger charge is -2.26. The minimum atomic E-state index is -0.492. The van der Waals surface area contributed by atoms with Crippen molar-refractivity contribution in [1.29, 1.82) is 0 Å². The van der Waals surface area contributed by atoms with Gasteiger partial charge in [0.1, 0.15) is 6.04 Å². The molecule has 0 fully saturated rings. The minimum Gasteiger partial charge on any atom is -0.325 e. The van der Waals surface area contributed by atoms with E-state index >= 15 is 0 Å². The molecule has 3 N–H and O–H groups in total. The molecule has 0 aliphatic carbocycles. The second kappa shape index (κ2) is 7.47. The predicted octanol–water partition coefficient (Wildman–Crippen LogP) is 5.77. The van der Waals surface area contributed by atoms with E-state index < -0.39 is 6.04 Å². The monoisotopic (exact) mass is 457 g/mol. The number of guanidine groups is 1. The summed E-state index contributed by atoms with van der Waals surface area (Å²) in [5, 5.41) is 8.93. The summed E-state index contributed by atoms with van der Waals surface area (Å²) in [5.41, 5.74) is 3.70. The Morgan fingerprint density at radius 3 is 2.59 bits per heavy atom. The summed E-state index contributed by atoms with van der Waals surface area (Å²) in [6, 6.07) is 22.6. The lowest BCUT2D eigenvalue weighted by molar-refractivity contribution is 0.846. The minimum absolute atomic E-state index is 0.172. The molecule has 0 spiro atoms. The van der Waals surface area contributed by atoms with Gasteiger partial charge in [-0.1, -0.05) is 65.4 Å². The van der Waals surface area contributed by atoms with Gasteiger partial charge in [0.05, 0.1) is 27.0 Å². The summed E-state index contributed by atoms with van der Waals surface area (Å²) in [7, 11) is 0. The maximum absolute atomic E-state index is 13.1. The van der Waals surface area contributed by atoms with Crippen LogP contribution in [-0.2, 0) is 0 Å². The molecule has 32 heavy (non-hydrogen) atoms. The average molecular weight is 458 g/mol. The van der Waals surface area contributed by atoms with Crippen molar-refractivity contribution < 1.29 is 0 Å². The molecule has 3 heterocycles. The number of para-hydroxylation sites is 2. The van der Waals surface area contributed by atoms with E-state index in [2.05, 4.69) is 20.6 Å². The van der Waals surface area contributed by atoms with Gasteiger partial charge in [-0.15, -0.1) is 0 Å². The van der Waals surface area contributed by atoms with Crippen molar-refractivity contribution in [3.63, 3.8) is 0 Å². The highest BCUT2D eigenvalue weighted by Crippen LogP contribution is 2.37. The molecule has 1 atom stereocenters. The Morgan fingerprint density at radius 1 is 0.969 bits per heavy atom. The second-order valence-electron chi connectivity index (χ2n) is 7.46. The van der Waals surface area contributed by atoms with Gasteiger partial charge in [0.2, 0.25) is 5.96 Å². The highest BCUT2D eigenvalue weighted by Gasteiger charge is 2.28. The van der Waals surface area contributed by atoms with Crippen LogP contribution < -0.4 is 16.2 Å². The van der Waals surface area contributed by atoms with Gasteiger partial charge in [-0.25, -0.2) is 9.98 Å². The Balaban J connectivity index is 1.51. The molecule has 0 unspecified atom stereocenters. The molecule has 3 aromatic carbocycles. The molecule has 0 saturated carbocycles. The Hall–Kier alpha value is -3.68. The number of thiazole rings is 1. The molecule has 6 nitrogen and oxygen atoms in total. The first-order chi connectivity index (χ1) is 15.7. The van der Waals surface area contributed by atoms with Crippen molar-refractivity contribution in [3.8, 4) is 0 Å². The number of aromatic nitrogens is 2. The first-order valence-corrected chi connectivity index (χ1v) is 11.2. The number of hydrogen-bond acceptors (Lipinski definition) is 6. The summed E-state index contributed by atoms with van der Waals surface area (Å²) in [6.07, 6.45) is 0. The van der Waals surface area contributed by atoms with Crippen LogP contribution in [0.3, 0.4) is 0 Å². The van der Waals surface area contributed by atoms with E-state index in [1.54, 1.807) is 11.3 Å². The third-order valence-corrected chi connectivity index (χ3v) is 6.64. The normalized spacial score (nSPS) is 15.3. The summed E-state index contributed by atoms with van der Waals surface area (Å²) in [4.78, 5) is 25.6. The first-order valence-electron chi connectivity index (χ1n) is 10.0. The standard InChI is InChI=1S/C24H16ClN5OS/c25-14-11-9-13(10-12-14)20-19-21(15-5-1-2-6-16(15)26-22(19)31)29-23(28-20)30-24-27-17-7-3-4-8-18(17)32-24/h1-12,20H,(H,26,31)(H2,27,28,29,30)/t20-/m0/s1. The maximum atomic E-state index is 13.1. The Bertz CT molecular complexity index is 1540. The highest BCUT2D eigenvalue weighted by atomic mass is 35.5. The molecular formula is C24H16ClN5OS. The van der Waals surface area contributed by atoms with E-state index in [1.165, 1.54) is 0 Å². The second-order valence-corrected chi connectivity index (χ2v) is 8.92. The average Bonchev–Trinajstić information content (AvgIpc) is 3.21. The van der Waals surface area contributed by atoms with Gasteiger partial charge < -0.3 is 15.6 Å². The van der Waals surface area contributed by atoms with Crippen molar-refractivity contribution in [1.82, 2.24) is 9.97 Å². The molecule has 0 amide bonds. The molecule has 0 radical (unpaired) electrons. The Kier molecular flexibility index (Phi) is 4.45. The Labute approximate surface area is 191 Å². The third kappa shape index (κ3) is 3.23. The quantitative estimate of drug-likeness (QED) is 0.314. The number of nitrogens with zero attached hydrogens (tertiary/aromatic N) is 2. The molecule has 0 bridgehead atoms. The van der Waals surface area contributed by atoms with E-state index in [1.807, 2.05) is 72.8 Å². The van der Waals surface area contributed by atoms with Crippen LogP contribution in [0.2, 0.25) is 5.02 Å². The summed E-state index contributed by atoms with van der Waals surface area (Å²) < 4.78 is 1.09. The fraction of sp³-hybridized carbons (Fsp3) is 0.0417. The fourth-order valence-corrected chi connectivity index (χ4v) is 4.97. The van der Waals surface area contributed by atoms with Crippen LogP contribution in [0.5, 0.6) is 0 Å². The van der Waals surface area contributed by atoms with Gasteiger partial charge in [0.15, 0.2) is 5.13 Å². The number of H-pyrrole nitrogens is 1. The molecule has 5 aromatic rings. The fourth-order valence-electron chi connectivity index (χ4n) is 3.98. The van der Waals surface area contributed by atoms with Crippen LogP contribution in [0.25, 0.3) is 21.1 Å². The van der Waals surface area contributed by atoms with Gasteiger partial charge in [0, 0.05) is 10.4 Å². The lowest BCUT2D eigenvalue weighted by Crippen LogP contribution is -2.32. The molecule has 6 rings (SSSR count). The molecule has 156 valence electrons. The predicted molar refractivity (Wildman–Crippen MR) is 132 cm³/mol. The van der Waals surface area contributed by atoms with Crippen molar-refractivity contribution in [2.24, 2.45) is 4.99 Å². The SMILES string of the molecule is O=c1[nH]c2ccccc2c2c1[C@H](c1ccc(Cl)cc1)N=C(Nc1nc3ccccc3s1)N2. The van der Waals surface area contributed by atoms with Crippen molar-refractivity contribution >= 4 is 60.8 Å². The molecule has 1 aliphatic heterocycles. The van der Waals surface area contributed by atoms with E-state index in [-0.39, 0.29) is 5.56 Å². The van der Waals surface area contributed by atoms with Gasteiger partial charge in [0.25, 0.3) is 5.56 Å². The van der Waals surface area contributed by atoms with E-state index in [9.17, 15) is 4.79 Å². The summed E-state index contributed by atoms with van der Waals surface area (Å²) >= 11 is 7.65. The van der Waals surface area contributed by atoms with Gasteiger partial charge in [-0.05, 0) is 35.9 Å². The van der Waals surface area contributed by atoms with E-state index in [0.29, 0.717) is 16.5 Å². The topological polar surface area (TPSA) is 82.2 Å². The summed E-state index contributed by atoms with van der Waals surface area (Å²) in [6.45, 7) is 0. The third-order valence-electron chi connectivity index (χ3n) is 5.44. The number of benzene rings is 3. The van der Waals surface area contributed by atoms with E-state index in [0.717, 1.165) is 37.5 Å². The van der Waals surface area contributed by atoms with Gasteiger partial charge in [-0.2, -0.15) is 0 Å². The smallest absolute Gasteiger partial charge is 0.256 e. The number of nitrogens with one attached hydrogen (secondary N) is 3. The number of halogens is 1. The van der Waals surface area contributed by atoms with Crippen LogP contribution in [-0.4, -0.2) is 15.9 Å². The van der Waals surface area contributed by atoms with Crippen LogP contribution in [0.1, 0.15) is 17.2 Å². The maximum Gasteiger partial charge on any atom is 0.256 e. The zero-order valence-corrected chi connectivity index (χ0v) is 18.2. The van der Waals surface area contributed by atoms with Crippen LogP contribution in [0.15, 0.2) is 82.6 Å². The molecule has 2 aromatic heterocycles. The number of fused-ring (bicyclic) bond motifs is 4. The largest absolute Gasteiger partial charge is 0.325 e. The number of aromatic amines is 1. The highest BCUT2D eigenvalue weighted by molar-refractivity contribution is 7.22. The lowest BCUT2D eigenvalue weighted by atomic mass is 9.96. The van der Waals surface area contributed by atoms with Crippen LogP contribution in [0, 0.1) is 0 Å². The van der Waals surface area contributed by atoms with Crippen molar-refractivity contribution in [2.75, 3.05) is 10.6 Å². The number of pyridine rings is 1. The number of anilines is 2. The molecule has 8 heteroatoms.